The summed E-state index contributed by atoms with van der Waals surface area (Å²) in [6.07, 6.45) is 4.42. The van der Waals surface area contributed by atoms with Crippen LogP contribution in [0.2, 0.25) is 5.02 Å². The molecule has 0 spiro atoms. The van der Waals surface area contributed by atoms with Crippen molar-refractivity contribution < 1.29 is 9.53 Å². The molecular weight excluding hydrogens is 374 g/mol. The van der Waals surface area contributed by atoms with E-state index in [2.05, 4.69) is 9.88 Å². The lowest BCUT2D eigenvalue weighted by Gasteiger charge is -2.22. The SMILES string of the molecule is Nc1c(Cl)cc(C(=O)CCC2C3CN(CC4CCOC4)CC23)c2ncccc12. The molecule has 148 valence electrons. The molecule has 3 fully saturated rings. The molecule has 1 saturated carbocycles. The fourth-order valence-electron chi connectivity index (χ4n) is 5.29. The maximum Gasteiger partial charge on any atom is 0.165 e. The van der Waals surface area contributed by atoms with Crippen LogP contribution in [0.25, 0.3) is 10.9 Å². The monoisotopic (exact) mass is 399 g/mol. The van der Waals surface area contributed by atoms with Crippen LogP contribution in [0.3, 0.4) is 0 Å². The molecule has 0 radical (unpaired) electrons. The molecule has 5 rings (SSSR count). The molecule has 3 heterocycles. The van der Waals surface area contributed by atoms with Crippen molar-refractivity contribution in [1.29, 1.82) is 0 Å². The Balaban J connectivity index is 1.19. The maximum absolute atomic E-state index is 12.9. The molecule has 2 saturated heterocycles. The van der Waals surface area contributed by atoms with Crippen molar-refractivity contribution in [3.8, 4) is 0 Å². The number of nitrogens with zero attached hydrogens (tertiary/aromatic N) is 2. The minimum atomic E-state index is 0.121. The Kier molecular flexibility index (Phi) is 4.77. The van der Waals surface area contributed by atoms with Crippen LogP contribution >= 0.6 is 11.6 Å². The number of fused-ring (bicyclic) bond motifs is 2. The van der Waals surface area contributed by atoms with Gasteiger partial charge in [-0.05, 0) is 54.7 Å². The lowest BCUT2D eigenvalue weighted by molar-refractivity contribution is 0.0976. The van der Waals surface area contributed by atoms with Crippen LogP contribution in [-0.4, -0.2) is 48.5 Å². The quantitative estimate of drug-likeness (QED) is 0.593. The third-order valence-corrected chi connectivity index (χ3v) is 7.19. The standard InChI is InChI=1S/C22H26ClN3O2/c23-19-8-16(22-15(21(19)24)2-1-6-25-22)20(27)4-3-14-17-10-26(11-18(14)17)9-13-5-7-28-12-13/h1-2,6,8,13-14,17-18H,3-5,7,9-12,24H2. The second-order valence-electron chi connectivity index (χ2n) is 8.62. The third-order valence-electron chi connectivity index (χ3n) is 6.87. The number of hydrogen-bond acceptors (Lipinski definition) is 5. The number of aromatic nitrogens is 1. The van der Waals surface area contributed by atoms with Gasteiger partial charge in [-0.15, -0.1) is 0 Å². The molecule has 0 bridgehead atoms. The van der Waals surface area contributed by atoms with E-state index >= 15 is 0 Å². The number of ketones is 1. The van der Waals surface area contributed by atoms with Gasteiger partial charge in [0.25, 0.3) is 0 Å². The van der Waals surface area contributed by atoms with Crippen LogP contribution in [-0.2, 0) is 4.74 Å². The summed E-state index contributed by atoms with van der Waals surface area (Å²) < 4.78 is 5.49. The first kappa shape index (κ1) is 18.3. The molecule has 3 atom stereocenters. The highest BCUT2D eigenvalue weighted by Gasteiger charge is 2.54. The lowest BCUT2D eigenvalue weighted by atomic mass is 9.99. The Labute approximate surface area is 170 Å². The van der Waals surface area contributed by atoms with E-state index in [9.17, 15) is 4.79 Å². The van der Waals surface area contributed by atoms with Crippen LogP contribution in [0.1, 0.15) is 29.6 Å². The minimum absolute atomic E-state index is 0.121. The zero-order chi connectivity index (χ0) is 19.3. The minimum Gasteiger partial charge on any atom is -0.397 e. The largest absolute Gasteiger partial charge is 0.397 e. The van der Waals surface area contributed by atoms with Gasteiger partial charge in [-0.25, -0.2) is 0 Å². The normalized spacial score (nSPS) is 29.3. The number of piperidine rings is 1. The number of benzene rings is 1. The highest BCUT2D eigenvalue weighted by atomic mass is 35.5. The molecule has 2 N–H and O–H groups in total. The average molecular weight is 400 g/mol. The van der Waals surface area contributed by atoms with Crippen molar-refractivity contribution in [3.05, 3.63) is 35.0 Å². The molecule has 3 unspecified atom stereocenters. The second-order valence-corrected chi connectivity index (χ2v) is 9.03. The Morgan fingerprint density at radius 3 is 2.93 bits per heavy atom. The first-order valence-corrected chi connectivity index (χ1v) is 10.7. The summed E-state index contributed by atoms with van der Waals surface area (Å²) in [5.74, 6) is 3.09. The summed E-state index contributed by atoms with van der Waals surface area (Å²) >= 11 is 6.26. The smallest absolute Gasteiger partial charge is 0.165 e. The van der Waals surface area contributed by atoms with Gasteiger partial charge in [0.15, 0.2) is 5.78 Å². The molecule has 1 aromatic heterocycles. The maximum atomic E-state index is 12.9. The van der Waals surface area contributed by atoms with E-state index in [0.29, 0.717) is 40.0 Å². The number of likely N-dealkylation sites (tertiary alicyclic amines) is 1. The molecule has 6 heteroatoms. The Hall–Kier alpha value is -1.69. The number of nitrogen functional groups attached to an aromatic ring is 1. The van der Waals surface area contributed by atoms with E-state index in [1.54, 1.807) is 12.3 Å². The molecule has 1 aromatic carbocycles. The number of rotatable bonds is 6. The number of carbonyl (C=O) groups excluding carboxylic acids is 1. The van der Waals surface area contributed by atoms with Crippen LogP contribution in [0, 0.1) is 23.7 Å². The second kappa shape index (κ2) is 7.29. The number of nitrogens with two attached hydrogens (primary N) is 1. The van der Waals surface area contributed by atoms with E-state index in [4.69, 9.17) is 22.1 Å². The fraction of sp³-hybridized carbons (Fsp3) is 0.545. The van der Waals surface area contributed by atoms with Gasteiger partial charge in [0.05, 0.1) is 22.8 Å². The number of Topliss-reactive ketones (excluding diaryl/α,β-unsaturated/α-hetero) is 1. The molecule has 2 aliphatic heterocycles. The van der Waals surface area contributed by atoms with Crippen LogP contribution in [0.5, 0.6) is 0 Å². The van der Waals surface area contributed by atoms with Crippen molar-refractivity contribution in [2.45, 2.75) is 19.3 Å². The van der Waals surface area contributed by atoms with E-state index < -0.39 is 0 Å². The fourth-order valence-corrected chi connectivity index (χ4v) is 5.50. The molecule has 1 aliphatic carbocycles. The highest BCUT2D eigenvalue weighted by molar-refractivity contribution is 6.35. The van der Waals surface area contributed by atoms with Crippen molar-refractivity contribution >= 4 is 34.0 Å². The van der Waals surface area contributed by atoms with Gasteiger partial charge in [0, 0.05) is 49.8 Å². The molecule has 3 aliphatic rings. The van der Waals surface area contributed by atoms with Gasteiger partial charge >= 0.3 is 0 Å². The summed E-state index contributed by atoms with van der Waals surface area (Å²) in [5.41, 5.74) is 7.81. The van der Waals surface area contributed by atoms with E-state index in [-0.39, 0.29) is 5.78 Å². The summed E-state index contributed by atoms with van der Waals surface area (Å²) in [6, 6.07) is 5.38. The predicted molar refractivity (Wildman–Crippen MR) is 111 cm³/mol. The number of carbonyl (C=O) groups is 1. The van der Waals surface area contributed by atoms with Crippen LogP contribution in [0.4, 0.5) is 5.69 Å². The number of hydrogen-bond donors (Lipinski definition) is 1. The summed E-state index contributed by atoms with van der Waals surface area (Å²) in [4.78, 5) is 19.9. The summed E-state index contributed by atoms with van der Waals surface area (Å²) in [7, 11) is 0. The predicted octanol–water partition coefficient (Wildman–Crippen LogP) is 3.65. The van der Waals surface area contributed by atoms with Gasteiger partial charge in [-0.3, -0.25) is 9.78 Å². The summed E-state index contributed by atoms with van der Waals surface area (Å²) in [5, 5.41) is 1.19. The van der Waals surface area contributed by atoms with Crippen molar-refractivity contribution in [2.75, 3.05) is 38.6 Å². The van der Waals surface area contributed by atoms with E-state index in [1.807, 2.05) is 12.1 Å². The zero-order valence-corrected chi connectivity index (χ0v) is 16.7. The number of halogens is 1. The van der Waals surface area contributed by atoms with Crippen molar-refractivity contribution in [3.63, 3.8) is 0 Å². The van der Waals surface area contributed by atoms with Gasteiger partial charge in [-0.2, -0.15) is 0 Å². The van der Waals surface area contributed by atoms with Gasteiger partial charge in [0.2, 0.25) is 0 Å². The van der Waals surface area contributed by atoms with Crippen LogP contribution < -0.4 is 5.73 Å². The molecule has 5 nitrogen and oxygen atoms in total. The van der Waals surface area contributed by atoms with E-state index in [0.717, 1.165) is 36.9 Å². The Morgan fingerprint density at radius 2 is 2.18 bits per heavy atom. The van der Waals surface area contributed by atoms with Gasteiger partial charge in [-0.1, -0.05) is 11.6 Å². The first-order chi connectivity index (χ1) is 13.6. The molecule has 2 aromatic rings. The topological polar surface area (TPSA) is 68.5 Å². The van der Waals surface area contributed by atoms with Crippen LogP contribution in [0.15, 0.2) is 24.4 Å². The lowest BCUT2D eigenvalue weighted by Crippen LogP contribution is -2.30. The highest BCUT2D eigenvalue weighted by Crippen LogP contribution is 2.54. The Bertz CT molecular complexity index is 900. The van der Waals surface area contributed by atoms with Gasteiger partial charge in [0.1, 0.15) is 0 Å². The van der Waals surface area contributed by atoms with Gasteiger partial charge < -0.3 is 15.4 Å². The average Bonchev–Trinajstić information content (AvgIpc) is 3.08. The molecular formula is C22H26ClN3O2. The molecule has 0 amide bonds. The van der Waals surface area contributed by atoms with Crippen molar-refractivity contribution in [1.82, 2.24) is 9.88 Å². The third kappa shape index (κ3) is 3.30. The molecule has 28 heavy (non-hydrogen) atoms. The number of ether oxygens (including phenoxy) is 1. The number of pyridine rings is 1. The Morgan fingerprint density at radius 1 is 1.36 bits per heavy atom. The van der Waals surface area contributed by atoms with E-state index in [1.165, 1.54) is 26.1 Å². The number of anilines is 1. The zero-order valence-electron chi connectivity index (χ0n) is 15.9. The first-order valence-electron chi connectivity index (χ1n) is 10.3. The summed E-state index contributed by atoms with van der Waals surface area (Å²) in [6.45, 7) is 5.42. The van der Waals surface area contributed by atoms with Crippen molar-refractivity contribution in [2.24, 2.45) is 23.7 Å².